The number of nitrogens with zero attached hydrogens (tertiary/aromatic N) is 2. The van der Waals surface area contributed by atoms with Crippen LogP contribution in [-0.4, -0.2) is 44.7 Å². The van der Waals surface area contributed by atoms with E-state index >= 15 is 0 Å². The zero-order valence-electron chi connectivity index (χ0n) is 15.3. The largest absolute Gasteiger partial charge is 0.490 e. The van der Waals surface area contributed by atoms with E-state index in [1.165, 1.54) is 38.3 Å². The Kier molecular flexibility index (Phi) is 7.15. The van der Waals surface area contributed by atoms with Crippen molar-refractivity contribution < 1.29 is 33.0 Å². The Bertz CT molecular complexity index is 816. The average Bonchev–Trinajstić information content (AvgIpc) is 2.53. The molecule has 29 heavy (non-hydrogen) atoms. The molecular formula is C17H21ClF3N3O5. The molecule has 12 heteroatoms. The topological polar surface area (TPSA) is 122 Å². The summed E-state index contributed by atoms with van der Waals surface area (Å²) in [6.45, 7) is 0.271. The van der Waals surface area contributed by atoms with E-state index in [0.717, 1.165) is 23.6 Å². The molecule has 1 spiro atoms. The van der Waals surface area contributed by atoms with Crippen molar-refractivity contribution in [2.75, 3.05) is 11.9 Å². The molecule has 1 heterocycles. The van der Waals surface area contributed by atoms with E-state index in [1.54, 1.807) is 0 Å². The van der Waals surface area contributed by atoms with E-state index in [1.807, 2.05) is 0 Å². The summed E-state index contributed by atoms with van der Waals surface area (Å²) >= 11 is 5.99. The van der Waals surface area contributed by atoms with E-state index in [0.29, 0.717) is 11.1 Å². The van der Waals surface area contributed by atoms with Crippen LogP contribution >= 0.6 is 11.6 Å². The lowest BCUT2D eigenvalue weighted by Gasteiger charge is -2.54. The number of nitrogens with one attached hydrogen (secondary N) is 1. The van der Waals surface area contributed by atoms with E-state index in [4.69, 9.17) is 26.6 Å². The van der Waals surface area contributed by atoms with Crippen molar-refractivity contribution in [3.63, 3.8) is 0 Å². The van der Waals surface area contributed by atoms with E-state index in [9.17, 15) is 22.8 Å². The molecule has 0 aromatic carbocycles. The van der Waals surface area contributed by atoms with Gasteiger partial charge in [-0.2, -0.15) is 18.3 Å². The third-order valence-electron chi connectivity index (χ3n) is 5.24. The lowest BCUT2D eigenvalue weighted by molar-refractivity contribution is -0.192. The van der Waals surface area contributed by atoms with E-state index in [2.05, 4.69) is 10.4 Å². The van der Waals surface area contributed by atoms with Gasteiger partial charge >= 0.3 is 18.1 Å². The van der Waals surface area contributed by atoms with Gasteiger partial charge < -0.3 is 15.5 Å². The molecule has 0 saturated heterocycles. The molecule has 2 fully saturated rings. The summed E-state index contributed by atoms with van der Waals surface area (Å²) in [7, 11) is 0. The number of halogens is 4. The van der Waals surface area contributed by atoms with Gasteiger partial charge in [0.1, 0.15) is 11.6 Å². The first kappa shape index (κ1) is 23.0. The maximum atomic E-state index is 11.9. The summed E-state index contributed by atoms with van der Waals surface area (Å²) in [5.41, 5.74) is 0.582. The van der Waals surface area contributed by atoms with Crippen LogP contribution in [0.15, 0.2) is 11.0 Å². The molecule has 0 amide bonds. The predicted octanol–water partition coefficient (Wildman–Crippen LogP) is 3.00. The van der Waals surface area contributed by atoms with Crippen molar-refractivity contribution >= 4 is 29.2 Å². The minimum absolute atomic E-state index is 0.000299. The second-order valence-electron chi connectivity index (χ2n) is 7.37. The number of aromatic nitrogens is 2. The smallest absolute Gasteiger partial charge is 0.480 e. The second-order valence-corrected chi connectivity index (χ2v) is 7.75. The molecule has 2 aliphatic rings. The fraction of sp³-hybridized carbons (Fsp3) is 0.647. The molecule has 0 unspecified atom stereocenters. The van der Waals surface area contributed by atoms with Crippen molar-refractivity contribution in [2.24, 2.45) is 11.3 Å². The van der Waals surface area contributed by atoms with Gasteiger partial charge in [-0.05, 0) is 43.4 Å². The number of aliphatic carboxylic acids is 2. The molecule has 3 rings (SSSR count). The Labute approximate surface area is 168 Å². The van der Waals surface area contributed by atoms with Crippen molar-refractivity contribution in [3.8, 4) is 0 Å². The van der Waals surface area contributed by atoms with E-state index in [-0.39, 0.29) is 5.02 Å². The van der Waals surface area contributed by atoms with Crippen LogP contribution in [0.1, 0.15) is 38.5 Å². The quantitative estimate of drug-likeness (QED) is 0.622. The van der Waals surface area contributed by atoms with Crippen LogP contribution in [0.5, 0.6) is 0 Å². The minimum Gasteiger partial charge on any atom is -0.480 e. The third-order valence-corrected chi connectivity index (χ3v) is 5.60. The first-order valence-electron chi connectivity index (χ1n) is 8.95. The highest BCUT2D eigenvalue weighted by molar-refractivity contribution is 6.32. The highest BCUT2D eigenvalue weighted by Crippen LogP contribution is 2.59. The van der Waals surface area contributed by atoms with Gasteiger partial charge in [0.15, 0.2) is 0 Å². The molecule has 3 N–H and O–H groups in total. The first-order chi connectivity index (χ1) is 13.4. The van der Waals surface area contributed by atoms with Gasteiger partial charge in [0.25, 0.3) is 5.56 Å². The lowest BCUT2D eigenvalue weighted by Crippen LogP contribution is -2.43. The third kappa shape index (κ3) is 6.09. The summed E-state index contributed by atoms with van der Waals surface area (Å²) < 4.78 is 32.6. The van der Waals surface area contributed by atoms with Crippen molar-refractivity contribution in [3.05, 3.63) is 21.6 Å². The predicted molar refractivity (Wildman–Crippen MR) is 96.9 cm³/mol. The fourth-order valence-corrected chi connectivity index (χ4v) is 3.91. The molecule has 0 aliphatic heterocycles. The zero-order valence-corrected chi connectivity index (χ0v) is 16.1. The number of carboxylic acids is 2. The van der Waals surface area contributed by atoms with Gasteiger partial charge in [0.2, 0.25) is 0 Å². The van der Waals surface area contributed by atoms with Gasteiger partial charge in [-0.25, -0.2) is 9.48 Å². The number of hydrogen-bond acceptors (Lipinski definition) is 5. The van der Waals surface area contributed by atoms with Crippen LogP contribution in [0, 0.1) is 11.3 Å². The van der Waals surface area contributed by atoms with Crippen LogP contribution in [0.2, 0.25) is 5.02 Å². The maximum absolute atomic E-state index is 11.9. The molecule has 0 atom stereocenters. The van der Waals surface area contributed by atoms with Crippen LogP contribution in [0.3, 0.4) is 0 Å². The van der Waals surface area contributed by atoms with Crippen molar-refractivity contribution in [1.29, 1.82) is 0 Å². The molecule has 162 valence electrons. The highest BCUT2D eigenvalue weighted by atomic mass is 35.5. The number of carboxylic acid groups (broad SMARTS) is 2. The monoisotopic (exact) mass is 439 g/mol. The van der Waals surface area contributed by atoms with E-state index < -0.39 is 30.2 Å². The Balaban J connectivity index is 0.000000370. The number of anilines is 1. The first-order valence-corrected chi connectivity index (χ1v) is 9.33. The normalized spacial score (nSPS) is 17.5. The molecule has 2 saturated carbocycles. The van der Waals surface area contributed by atoms with Crippen molar-refractivity contribution in [2.45, 2.75) is 51.2 Å². The average molecular weight is 440 g/mol. The van der Waals surface area contributed by atoms with Gasteiger partial charge in [-0.15, -0.1) is 0 Å². The number of hydrogen-bond donors (Lipinski definition) is 3. The van der Waals surface area contributed by atoms with Crippen LogP contribution in [0.25, 0.3) is 0 Å². The fourth-order valence-electron chi connectivity index (χ4n) is 3.69. The SMILES string of the molecule is O=C(O)C(F)(F)F.O=C(O)Cn1ncc(NCCC2CC3(CCC3)C2)c(Cl)c1=O. The molecule has 2 aliphatic carbocycles. The van der Waals surface area contributed by atoms with Crippen LogP contribution in [-0.2, 0) is 16.1 Å². The summed E-state index contributed by atoms with van der Waals surface area (Å²) in [6, 6.07) is 0. The molecule has 1 aromatic rings. The molecule has 1 aromatic heterocycles. The number of carbonyl (C=O) groups is 2. The second kappa shape index (κ2) is 9.02. The Morgan fingerprint density at radius 2 is 1.90 bits per heavy atom. The zero-order chi connectivity index (χ0) is 21.8. The van der Waals surface area contributed by atoms with Gasteiger partial charge in [-0.1, -0.05) is 18.0 Å². The molecule has 0 bridgehead atoms. The van der Waals surface area contributed by atoms with Gasteiger partial charge in [0.05, 0.1) is 11.9 Å². The summed E-state index contributed by atoms with van der Waals surface area (Å²) in [5, 5.41) is 22.8. The Morgan fingerprint density at radius 3 is 2.34 bits per heavy atom. The van der Waals surface area contributed by atoms with Gasteiger partial charge in [0, 0.05) is 6.54 Å². The number of rotatable bonds is 6. The van der Waals surface area contributed by atoms with Gasteiger partial charge in [-0.3, -0.25) is 9.59 Å². The lowest BCUT2D eigenvalue weighted by atomic mass is 9.51. The van der Waals surface area contributed by atoms with Crippen LogP contribution < -0.4 is 10.9 Å². The summed E-state index contributed by atoms with van der Waals surface area (Å²) in [4.78, 5) is 31.4. The summed E-state index contributed by atoms with van der Waals surface area (Å²) in [6.07, 6.45) is 4.25. The maximum Gasteiger partial charge on any atom is 0.490 e. The Hall–Kier alpha value is -2.30. The standard InChI is InChI=1S/C15H20ClN3O3.C2HF3O2/c16-13-11(8-18-19(14(13)22)9-12(20)21)17-5-2-10-6-15(7-10)3-1-4-15;3-2(4,5)1(6)7/h8,10,17H,1-7,9H2,(H,20,21);(H,6,7). The molecular weight excluding hydrogens is 419 g/mol. The molecule has 0 radical (unpaired) electrons. The minimum atomic E-state index is -5.08. The van der Waals surface area contributed by atoms with Crippen LogP contribution in [0.4, 0.5) is 18.9 Å². The molecule has 8 nitrogen and oxygen atoms in total. The summed E-state index contributed by atoms with van der Waals surface area (Å²) in [5.74, 6) is -3.11. The highest BCUT2D eigenvalue weighted by Gasteiger charge is 2.47. The Morgan fingerprint density at radius 1 is 1.31 bits per heavy atom. The van der Waals surface area contributed by atoms with Crippen molar-refractivity contribution in [1.82, 2.24) is 9.78 Å². The number of alkyl halides is 3.